The maximum atomic E-state index is 12.0. The van der Waals surface area contributed by atoms with Gasteiger partial charge in [0.25, 0.3) is 5.69 Å². The Balaban J connectivity index is 1.93. The molecule has 0 radical (unpaired) electrons. The predicted molar refractivity (Wildman–Crippen MR) is 91.8 cm³/mol. The van der Waals surface area contributed by atoms with Crippen LogP contribution in [-0.2, 0) is 16.1 Å². The second kappa shape index (κ2) is 8.99. The number of non-ortho nitro benzene ring substituents is 1. The molecule has 0 bridgehead atoms. The summed E-state index contributed by atoms with van der Waals surface area (Å²) in [5.41, 5.74) is -0.123. The van der Waals surface area contributed by atoms with Gasteiger partial charge in [-0.05, 0) is 12.5 Å². The van der Waals surface area contributed by atoms with E-state index in [1.165, 1.54) is 22.8 Å². The average molecular weight is 367 g/mol. The van der Waals surface area contributed by atoms with E-state index in [1.54, 1.807) is 13.2 Å². The maximum Gasteiger partial charge on any atom is 0.343 e. The topological polar surface area (TPSA) is 132 Å². The van der Waals surface area contributed by atoms with Crippen LogP contribution in [0.3, 0.4) is 0 Å². The minimum Gasteiger partial charge on any atom is -0.385 e. The highest BCUT2D eigenvalue weighted by Gasteiger charge is 2.12. The number of amides is 1. The van der Waals surface area contributed by atoms with Crippen LogP contribution in [0, 0.1) is 10.1 Å². The molecule has 0 saturated heterocycles. The maximum absolute atomic E-state index is 12.0. The highest BCUT2D eigenvalue weighted by molar-refractivity contribution is 7.99. The molecule has 0 fully saturated rings. The Bertz CT molecular complexity index is 803. The molecule has 2 aromatic rings. The molecule has 0 unspecified atom stereocenters. The van der Waals surface area contributed by atoms with Crippen LogP contribution in [0.2, 0.25) is 0 Å². The van der Waals surface area contributed by atoms with Gasteiger partial charge in [-0.15, -0.1) is 5.10 Å². The predicted octanol–water partition coefficient (Wildman–Crippen LogP) is 1.25. The van der Waals surface area contributed by atoms with Gasteiger partial charge >= 0.3 is 5.69 Å². The number of H-pyrrole nitrogens is 1. The van der Waals surface area contributed by atoms with Crippen LogP contribution in [0.4, 0.5) is 11.4 Å². The number of nitro groups is 1. The molecule has 0 spiro atoms. The number of benzene rings is 1. The average Bonchev–Trinajstić information content (AvgIpc) is 2.94. The van der Waals surface area contributed by atoms with Crippen molar-refractivity contribution in [2.75, 3.05) is 24.8 Å². The van der Waals surface area contributed by atoms with E-state index < -0.39 is 4.92 Å². The summed E-state index contributed by atoms with van der Waals surface area (Å²) in [5.74, 6) is -0.346. The molecule has 134 valence electrons. The fourth-order valence-electron chi connectivity index (χ4n) is 2.00. The van der Waals surface area contributed by atoms with E-state index in [1.807, 2.05) is 0 Å². The largest absolute Gasteiger partial charge is 0.385 e. The van der Waals surface area contributed by atoms with Gasteiger partial charge in [-0.3, -0.25) is 19.5 Å². The van der Waals surface area contributed by atoms with Crippen molar-refractivity contribution in [3.05, 3.63) is 44.9 Å². The van der Waals surface area contributed by atoms with Crippen LogP contribution in [0.5, 0.6) is 0 Å². The number of methoxy groups -OCH3 is 1. The Morgan fingerprint density at radius 2 is 2.32 bits per heavy atom. The van der Waals surface area contributed by atoms with Gasteiger partial charge in [-0.25, -0.2) is 9.89 Å². The van der Waals surface area contributed by atoms with E-state index in [4.69, 9.17) is 4.74 Å². The Labute approximate surface area is 146 Å². The smallest absolute Gasteiger partial charge is 0.343 e. The van der Waals surface area contributed by atoms with Crippen molar-refractivity contribution >= 4 is 29.0 Å². The number of nitrogens with zero attached hydrogens (tertiary/aromatic N) is 3. The summed E-state index contributed by atoms with van der Waals surface area (Å²) in [6.07, 6.45) is 0.642. The molecule has 25 heavy (non-hydrogen) atoms. The van der Waals surface area contributed by atoms with Crippen molar-refractivity contribution in [2.24, 2.45) is 0 Å². The number of anilines is 1. The first kappa shape index (κ1) is 18.7. The van der Waals surface area contributed by atoms with Crippen molar-refractivity contribution in [2.45, 2.75) is 18.1 Å². The Kier molecular flexibility index (Phi) is 6.71. The van der Waals surface area contributed by atoms with Gasteiger partial charge < -0.3 is 10.1 Å². The van der Waals surface area contributed by atoms with Crippen LogP contribution < -0.4 is 11.0 Å². The second-order valence-electron chi connectivity index (χ2n) is 4.95. The fraction of sp³-hybridized carbons (Fsp3) is 0.357. The summed E-state index contributed by atoms with van der Waals surface area (Å²) in [5, 5.41) is 19.9. The van der Waals surface area contributed by atoms with Gasteiger partial charge in [0.05, 0.1) is 10.7 Å². The first-order valence-corrected chi connectivity index (χ1v) is 8.31. The van der Waals surface area contributed by atoms with Gasteiger partial charge in [0.15, 0.2) is 5.16 Å². The van der Waals surface area contributed by atoms with Crippen molar-refractivity contribution in [1.82, 2.24) is 14.8 Å². The van der Waals surface area contributed by atoms with E-state index in [0.29, 0.717) is 30.4 Å². The highest BCUT2D eigenvalue weighted by Crippen LogP contribution is 2.18. The minimum atomic E-state index is -0.535. The number of nitro benzene ring substituents is 1. The third-order valence-corrected chi connectivity index (χ3v) is 4.10. The van der Waals surface area contributed by atoms with Crippen molar-refractivity contribution in [3.8, 4) is 0 Å². The van der Waals surface area contributed by atoms with Gasteiger partial charge in [0, 0.05) is 38.1 Å². The Hall–Kier alpha value is -2.66. The molecule has 0 aliphatic carbocycles. The lowest BCUT2D eigenvalue weighted by Crippen LogP contribution is -2.19. The van der Waals surface area contributed by atoms with Crippen LogP contribution >= 0.6 is 11.8 Å². The minimum absolute atomic E-state index is 0.0112. The molecule has 0 atom stereocenters. The van der Waals surface area contributed by atoms with E-state index in [-0.39, 0.29) is 23.0 Å². The molecular weight excluding hydrogens is 350 g/mol. The molecular formula is C14H17N5O5S. The lowest BCUT2D eigenvalue weighted by atomic mass is 10.3. The monoisotopic (exact) mass is 367 g/mol. The van der Waals surface area contributed by atoms with Crippen LogP contribution in [0.1, 0.15) is 6.42 Å². The number of hydrogen-bond acceptors (Lipinski definition) is 7. The van der Waals surface area contributed by atoms with Crippen LogP contribution in [0.25, 0.3) is 0 Å². The second-order valence-corrected chi connectivity index (χ2v) is 5.90. The zero-order chi connectivity index (χ0) is 18.2. The Morgan fingerprint density at radius 1 is 1.52 bits per heavy atom. The van der Waals surface area contributed by atoms with Gasteiger partial charge in [0.1, 0.15) is 0 Å². The fourth-order valence-corrected chi connectivity index (χ4v) is 2.77. The molecule has 0 saturated carbocycles. The zero-order valence-corrected chi connectivity index (χ0v) is 14.2. The first-order chi connectivity index (χ1) is 12.0. The molecule has 0 aliphatic heterocycles. The summed E-state index contributed by atoms with van der Waals surface area (Å²) in [6.45, 7) is 0.938. The third kappa shape index (κ3) is 5.43. The number of carbonyl (C=O) groups excluding carboxylic acids is 1. The SMILES string of the molecule is COCCCn1c(SCC(=O)Nc2cccc([N+](=O)[O-])c2)n[nH]c1=O. The number of aromatic amines is 1. The molecule has 1 amide bonds. The quantitative estimate of drug-likeness (QED) is 0.295. The molecule has 11 heteroatoms. The summed E-state index contributed by atoms with van der Waals surface area (Å²) in [4.78, 5) is 33.9. The van der Waals surface area contributed by atoms with Gasteiger partial charge in [-0.1, -0.05) is 17.8 Å². The van der Waals surface area contributed by atoms with E-state index in [9.17, 15) is 19.7 Å². The standard InChI is InChI=1S/C14H17N5O5S/c1-24-7-3-6-18-13(21)16-17-14(18)25-9-12(20)15-10-4-2-5-11(8-10)19(22)23/h2,4-5,8H,3,6-7,9H2,1H3,(H,15,20)(H,16,21). The highest BCUT2D eigenvalue weighted by atomic mass is 32.2. The molecule has 0 aliphatic rings. The molecule has 2 N–H and O–H groups in total. The van der Waals surface area contributed by atoms with E-state index in [2.05, 4.69) is 15.5 Å². The van der Waals surface area contributed by atoms with Crippen LogP contribution in [0.15, 0.2) is 34.2 Å². The number of aromatic nitrogens is 3. The zero-order valence-electron chi connectivity index (χ0n) is 13.4. The van der Waals surface area contributed by atoms with E-state index >= 15 is 0 Å². The number of rotatable bonds is 9. The van der Waals surface area contributed by atoms with Gasteiger partial charge in [0.2, 0.25) is 5.91 Å². The number of ether oxygens (including phenoxy) is 1. The Morgan fingerprint density at radius 3 is 3.04 bits per heavy atom. The first-order valence-electron chi connectivity index (χ1n) is 7.32. The molecule has 1 heterocycles. The molecule has 1 aromatic heterocycles. The normalized spacial score (nSPS) is 10.6. The number of carbonyl (C=O) groups is 1. The summed E-state index contributed by atoms with van der Waals surface area (Å²) in [6, 6.07) is 5.66. The number of hydrogen-bond donors (Lipinski definition) is 2. The van der Waals surface area contributed by atoms with Gasteiger partial charge in [-0.2, -0.15) is 0 Å². The number of thioether (sulfide) groups is 1. The molecule has 1 aromatic carbocycles. The molecule has 10 nitrogen and oxygen atoms in total. The molecule has 2 rings (SSSR count). The van der Waals surface area contributed by atoms with Crippen molar-refractivity contribution < 1.29 is 14.5 Å². The summed E-state index contributed by atoms with van der Waals surface area (Å²) < 4.78 is 6.38. The van der Waals surface area contributed by atoms with Crippen molar-refractivity contribution in [3.63, 3.8) is 0 Å². The third-order valence-electron chi connectivity index (χ3n) is 3.13. The summed E-state index contributed by atoms with van der Waals surface area (Å²) in [7, 11) is 1.58. The number of nitrogens with one attached hydrogen (secondary N) is 2. The van der Waals surface area contributed by atoms with Crippen molar-refractivity contribution in [1.29, 1.82) is 0 Å². The van der Waals surface area contributed by atoms with Crippen LogP contribution in [-0.4, -0.2) is 45.1 Å². The summed E-state index contributed by atoms with van der Waals surface area (Å²) >= 11 is 1.10. The van der Waals surface area contributed by atoms with E-state index in [0.717, 1.165) is 11.8 Å². The lowest BCUT2D eigenvalue weighted by molar-refractivity contribution is -0.384. The lowest BCUT2D eigenvalue weighted by Gasteiger charge is -2.06.